The standard InChI is InChI=1S/C19H20N2O3.C19H19NO4.CH3I.H3N.H2O/c1-2-17(18(20)22)21-19(23)24-11-16-14-9-5-3-7-12(14)13-8-4-6-10-15(13)16;1-2-17(18(21)22)20-19(23)24-11-16-14-9-5-3-7-12(14)13-8-4-6-10-15(13)16;1-2;;/h3-10,16-17H,2,11H2,1H3,(H2,20,22)(H,21,23);3-10,16-17H,2,11H2,1H3,(H,20,23)(H,21,22);1H3;1H3;1H2/t2*17-;;;/m00.../s1/i;;1D;;. The number of amides is 3. The Labute approximate surface area is 318 Å². The van der Waals surface area contributed by atoms with E-state index in [1.54, 1.807) is 13.8 Å². The number of nitrogens with one attached hydrogen (secondary N) is 2. The number of nitrogens with two attached hydrogens (primary N) is 1. The SMILES string of the molecule is CC[C@H](NC(=O)OCC1c2ccccc2-c2ccccc21)C(=O)O.CC[C@H](NC(=O)OCC1c2ccccc2-c2ccccc21)C(N)=O.N.O.[2H]CI. The first kappa shape index (κ1) is 41.4. The van der Waals surface area contributed by atoms with Gasteiger partial charge in [-0.05, 0) is 62.3 Å². The molecule has 0 unspecified atom stereocenters. The summed E-state index contributed by atoms with van der Waals surface area (Å²) in [7, 11) is 0. The monoisotopic (exact) mass is 827 g/mol. The third-order valence-electron chi connectivity index (χ3n) is 8.73. The van der Waals surface area contributed by atoms with E-state index in [4.69, 9.17) is 21.7 Å². The van der Waals surface area contributed by atoms with Crippen LogP contribution in [-0.4, -0.2) is 64.8 Å². The first-order valence-corrected chi connectivity index (χ1v) is 17.8. The van der Waals surface area contributed by atoms with E-state index in [0.717, 1.165) is 33.4 Å². The van der Waals surface area contributed by atoms with E-state index in [1.165, 1.54) is 11.1 Å². The third kappa shape index (κ3) is 10.1. The van der Waals surface area contributed by atoms with Gasteiger partial charge in [0.15, 0.2) is 0 Å². The summed E-state index contributed by atoms with van der Waals surface area (Å²) in [6, 6.07) is 30.7. The summed E-state index contributed by atoms with van der Waals surface area (Å²) in [6.07, 6.45) is -0.590. The first-order valence-electron chi connectivity index (χ1n) is 17.0. The van der Waals surface area contributed by atoms with Crippen molar-refractivity contribution in [2.24, 2.45) is 5.73 Å². The summed E-state index contributed by atoms with van der Waals surface area (Å²) >= 11 is 1.96. The molecule has 6 rings (SSSR count). The second kappa shape index (κ2) is 20.8. The number of carboxylic acid groups (broad SMARTS) is 1. The highest BCUT2D eigenvalue weighted by Crippen LogP contribution is 2.45. The fraction of sp³-hybridized carbons (Fsp3) is 0.282. The molecular formula is C39H47IN4O8. The lowest BCUT2D eigenvalue weighted by Crippen LogP contribution is -2.44. The number of alkyl carbamates (subject to hydrolysis) is 2. The van der Waals surface area contributed by atoms with Gasteiger partial charge in [-0.25, -0.2) is 14.4 Å². The van der Waals surface area contributed by atoms with E-state index < -0.39 is 36.1 Å². The molecule has 0 radical (unpaired) electrons. The van der Waals surface area contributed by atoms with Crippen molar-refractivity contribution in [3.05, 3.63) is 119 Å². The minimum atomic E-state index is -1.06. The molecule has 2 atom stereocenters. The van der Waals surface area contributed by atoms with E-state index in [2.05, 4.69) is 47.0 Å². The molecule has 4 aromatic rings. The van der Waals surface area contributed by atoms with E-state index in [0.29, 0.717) is 17.7 Å². The van der Waals surface area contributed by atoms with Crippen LogP contribution in [0.25, 0.3) is 22.3 Å². The van der Waals surface area contributed by atoms with Crippen molar-refractivity contribution in [2.45, 2.75) is 50.6 Å². The predicted molar refractivity (Wildman–Crippen MR) is 210 cm³/mol. The van der Waals surface area contributed by atoms with Gasteiger partial charge in [0, 0.05) is 13.2 Å². The number of carbonyl (C=O) groups excluding carboxylic acids is 3. The fourth-order valence-corrected chi connectivity index (χ4v) is 6.28. The van der Waals surface area contributed by atoms with Crippen molar-refractivity contribution >= 4 is 46.7 Å². The smallest absolute Gasteiger partial charge is 0.407 e. The number of fused-ring (bicyclic) bond motifs is 6. The number of rotatable bonds is 10. The summed E-state index contributed by atoms with van der Waals surface area (Å²) < 4.78 is 16.9. The van der Waals surface area contributed by atoms with Gasteiger partial charge in [0.1, 0.15) is 25.3 Å². The molecule has 0 aliphatic heterocycles. The Morgan fingerprint density at radius 2 is 0.981 bits per heavy atom. The van der Waals surface area contributed by atoms with E-state index >= 15 is 0 Å². The number of halogens is 1. The molecular weight excluding hydrogens is 779 g/mol. The van der Waals surface area contributed by atoms with E-state index in [9.17, 15) is 19.2 Å². The van der Waals surface area contributed by atoms with Crippen LogP contribution < -0.4 is 22.5 Å². The van der Waals surface area contributed by atoms with Gasteiger partial charge in [-0.15, -0.1) is 0 Å². The molecule has 0 fully saturated rings. The Balaban J connectivity index is 0.000000330. The van der Waals surface area contributed by atoms with Crippen LogP contribution in [0.3, 0.4) is 0 Å². The molecule has 0 saturated heterocycles. The molecule has 10 N–H and O–H groups in total. The van der Waals surface area contributed by atoms with Crippen LogP contribution in [0.2, 0.25) is 0 Å². The fourth-order valence-electron chi connectivity index (χ4n) is 6.28. The Hall–Kier alpha value is -4.99. The summed E-state index contributed by atoms with van der Waals surface area (Å²) in [5, 5.41) is 13.9. The number of benzene rings is 4. The van der Waals surface area contributed by atoms with Crippen molar-refractivity contribution in [1.82, 2.24) is 16.8 Å². The molecule has 2 aliphatic rings. The zero-order valence-corrected chi connectivity index (χ0v) is 31.3. The van der Waals surface area contributed by atoms with Crippen LogP contribution in [0.4, 0.5) is 9.59 Å². The van der Waals surface area contributed by atoms with Crippen LogP contribution >= 0.6 is 22.6 Å². The molecule has 2 aliphatic carbocycles. The summed E-state index contributed by atoms with van der Waals surface area (Å²) in [5.74, 6) is -1.66. The molecule has 3 amide bonds. The number of alkyl halides is 1. The van der Waals surface area contributed by atoms with E-state index in [-0.39, 0.29) is 36.7 Å². The van der Waals surface area contributed by atoms with Crippen molar-refractivity contribution in [1.29, 1.82) is 0 Å². The molecule has 0 saturated carbocycles. The van der Waals surface area contributed by atoms with Gasteiger partial charge in [0.05, 0.1) is 0 Å². The largest absolute Gasteiger partial charge is 0.480 e. The lowest BCUT2D eigenvalue weighted by Gasteiger charge is -2.17. The van der Waals surface area contributed by atoms with Gasteiger partial charge in [-0.3, -0.25) is 4.79 Å². The Morgan fingerprint density at radius 1 is 0.692 bits per heavy atom. The summed E-state index contributed by atoms with van der Waals surface area (Å²) in [6.45, 7) is 3.87. The minimum absolute atomic E-state index is 0. The summed E-state index contributed by atoms with van der Waals surface area (Å²) in [4.78, 5) is 46.5. The minimum Gasteiger partial charge on any atom is -0.480 e. The Kier molecular flexibility index (Phi) is 16.5. The van der Waals surface area contributed by atoms with Crippen molar-refractivity contribution in [2.75, 3.05) is 18.1 Å². The quantitative estimate of drug-likeness (QED) is 0.0867. The van der Waals surface area contributed by atoms with Crippen LogP contribution in [0.1, 0.15) is 62.1 Å². The normalized spacial score (nSPS) is 13.0. The Bertz CT molecular complexity index is 1620. The molecule has 4 aromatic carbocycles. The zero-order valence-electron chi connectivity index (χ0n) is 30.1. The maximum absolute atomic E-state index is 12.0. The van der Waals surface area contributed by atoms with Gasteiger partial charge >= 0.3 is 18.2 Å². The van der Waals surface area contributed by atoms with Crippen LogP contribution in [0.5, 0.6) is 0 Å². The van der Waals surface area contributed by atoms with E-state index in [1.807, 2.05) is 83.3 Å². The molecule has 278 valence electrons. The van der Waals surface area contributed by atoms with Gasteiger partial charge < -0.3 is 42.6 Å². The third-order valence-corrected chi connectivity index (χ3v) is 8.73. The van der Waals surface area contributed by atoms with Crippen molar-refractivity contribution in [3.8, 4) is 22.3 Å². The lowest BCUT2D eigenvalue weighted by atomic mass is 9.98. The molecule has 0 bridgehead atoms. The number of carboxylic acids is 1. The van der Waals surface area contributed by atoms with Crippen molar-refractivity contribution < 1.29 is 40.6 Å². The van der Waals surface area contributed by atoms with Crippen LogP contribution in [0.15, 0.2) is 97.1 Å². The Morgan fingerprint density at radius 3 is 1.25 bits per heavy atom. The maximum atomic E-state index is 12.0. The second-order valence-corrected chi connectivity index (χ2v) is 11.6. The number of carbonyl (C=O) groups is 4. The number of aliphatic carboxylic acids is 1. The van der Waals surface area contributed by atoms with Crippen LogP contribution in [0, 0.1) is 0 Å². The molecule has 0 heterocycles. The average molecular weight is 828 g/mol. The highest BCUT2D eigenvalue weighted by atomic mass is 127. The molecule has 52 heavy (non-hydrogen) atoms. The van der Waals surface area contributed by atoms with Crippen LogP contribution in [-0.2, 0) is 19.1 Å². The average Bonchev–Trinajstić information content (AvgIpc) is 3.63. The molecule has 13 heteroatoms. The van der Waals surface area contributed by atoms with Gasteiger partial charge in [-0.1, -0.05) is 134 Å². The molecule has 0 spiro atoms. The summed E-state index contributed by atoms with van der Waals surface area (Å²) in [5.41, 5.74) is 14.4. The number of ether oxygens (including phenoxy) is 2. The second-order valence-electron chi connectivity index (χ2n) is 11.6. The predicted octanol–water partition coefficient (Wildman–Crippen LogP) is 6.57. The number of hydrogen-bond donors (Lipinski definition) is 5. The first-order chi connectivity index (χ1) is 24.6. The molecule has 0 aromatic heterocycles. The van der Waals surface area contributed by atoms with Gasteiger partial charge in [0.2, 0.25) is 5.91 Å². The highest BCUT2D eigenvalue weighted by Gasteiger charge is 2.31. The zero-order chi connectivity index (χ0) is 36.9. The topological polar surface area (TPSA) is 224 Å². The van der Waals surface area contributed by atoms with Gasteiger partial charge in [0.25, 0.3) is 0 Å². The van der Waals surface area contributed by atoms with Gasteiger partial charge in [-0.2, -0.15) is 0 Å². The lowest BCUT2D eigenvalue weighted by molar-refractivity contribution is -0.139. The number of primary amides is 1. The maximum Gasteiger partial charge on any atom is 0.407 e. The molecule has 12 nitrogen and oxygen atoms in total. The highest BCUT2D eigenvalue weighted by molar-refractivity contribution is 14.1. The van der Waals surface area contributed by atoms with Crippen molar-refractivity contribution in [3.63, 3.8) is 0 Å². The number of hydrogen-bond acceptors (Lipinski definition) is 7.